The fraction of sp³-hybridized carbons (Fsp3) is 0.368. The minimum absolute atomic E-state index is 0.165. The van der Waals surface area contributed by atoms with Gasteiger partial charge in [-0.2, -0.15) is 5.10 Å². The molecule has 0 saturated carbocycles. The summed E-state index contributed by atoms with van der Waals surface area (Å²) < 4.78 is 7.00. The Morgan fingerprint density at radius 2 is 2.04 bits per heavy atom. The van der Waals surface area contributed by atoms with E-state index in [1.54, 1.807) is 11.8 Å². The van der Waals surface area contributed by atoms with E-state index in [1.165, 1.54) is 0 Å². The molecule has 0 bridgehead atoms. The average molecular weight is 367 g/mol. The topological polar surface area (TPSA) is 97.3 Å². The van der Waals surface area contributed by atoms with Crippen molar-refractivity contribution in [3.63, 3.8) is 0 Å². The predicted octanol–water partition coefficient (Wildman–Crippen LogP) is 1.82. The Hall–Kier alpha value is -3.00. The van der Waals surface area contributed by atoms with Gasteiger partial charge < -0.3 is 14.5 Å². The highest BCUT2D eigenvalue weighted by atomic mass is 16.5. The van der Waals surface area contributed by atoms with Crippen molar-refractivity contribution in [1.82, 2.24) is 24.8 Å². The van der Waals surface area contributed by atoms with Crippen LogP contribution in [0, 0.1) is 13.8 Å². The third kappa shape index (κ3) is 3.12. The second kappa shape index (κ2) is 6.96. The summed E-state index contributed by atoms with van der Waals surface area (Å²) in [7, 11) is 0. The highest BCUT2D eigenvalue weighted by Gasteiger charge is 2.36. The van der Waals surface area contributed by atoms with Gasteiger partial charge in [0, 0.05) is 13.0 Å². The Bertz CT molecular complexity index is 963. The molecule has 0 unspecified atom stereocenters. The van der Waals surface area contributed by atoms with Crippen molar-refractivity contribution < 1.29 is 14.4 Å². The van der Waals surface area contributed by atoms with Gasteiger partial charge in [-0.05, 0) is 19.4 Å². The van der Waals surface area contributed by atoms with Crippen LogP contribution in [-0.4, -0.2) is 42.4 Å². The quantitative estimate of drug-likeness (QED) is 0.755. The van der Waals surface area contributed by atoms with E-state index in [9.17, 15) is 9.90 Å². The Balaban J connectivity index is 1.72. The first-order valence-electron chi connectivity index (χ1n) is 8.90. The van der Waals surface area contributed by atoms with Crippen molar-refractivity contribution in [3.8, 4) is 0 Å². The number of aryl methyl sites for hydroxylation is 2. The molecule has 140 valence electrons. The largest absolute Gasteiger partial charge is 0.391 e. The van der Waals surface area contributed by atoms with Crippen LogP contribution in [-0.2, 0) is 19.6 Å². The number of carbonyl (C=O) groups is 1. The van der Waals surface area contributed by atoms with Gasteiger partial charge in [0.15, 0.2) is 5.69 Å². The number of hydrogen-bond donors (Lipinski definition) is 1. The minimum atomic E-state index is -0.289. The van der Waals surface area contributed by atoms with Gasteiger partial charge in [-0.15, -0.1) is 0 Å². The maximum absolute atomic E-state index is 13.2. The number of hydrogen-bond acceptors (Lipinski definition) is 6. The molecule has 0 spiro atoms. The first-order chi connectivity index (χ1) is 13.1. The van der Waals surface area contributed by atoms with Gasteiger partial charge in [-0.1, -0.05) is 35.5 Å². The van der Waals surface area contributed by atoms with Crippen LogP contribution in [0.4, 0.5) is 0 Å². The second-order valence-corrected chi connectivity index (χ2v) is 6.67. The molecule has 0 aliphatic carbocycles. The van der Waals surface area contributed by atoms with Crippen molar-refractivity contribution in [2.75, 3.05) is 6.54 Å². The van der Waals surface area contributed by atoms with Crippen molar-refractivity contribution >= 4 is 5.91 Å². The lowest BCUT2D eigenvalue weighted by molar-refractivity contribution is 0.0595. The highest BCUT2D eigenvalue weighted by molar-refractivity contribution is 5.94. The Morgan fingerprint density at radius 1 is 1.26 bits per heavy atom. The number of aliphatic hydroxyl groups excluding tert-OH is 1. The van der Waals surface area contributed by atoms with Gasteiger partial charge in [0.25, 0.3) is 5.91 Å². The molecular formula is C19H21N5O3. The fourth-order valence-electron chi connectivity index (χ4n) is 3.54. The molecule has 8 nitrogen and oxygen atoms in total. The van der Waals surface area contributed by atoms with E-state index in [2.05, 4.69) is 15.2 Å². The number of nitrogens with zero attached hydrogens (tertiary/aromatic N) is 5. The van der Waals surface area contributed by atoms with Crippen LogP contribution in [0.1, 0.15) is 45.1 Å². The zero-order valence-corrected chi connectivity index (χ0v) is 15.3. The maximum Gasteiger partial charge on any atom is 0.277 e. The summed E-state index contributed by atoms with van der Waals surface area (Å²) in [5.74, 6) is 1.65. The fourth-order valence-corrected chi connectivity index (χ4v) is 3.54. The summed E-state index contributed by atoms with van der Waals surface area (Å²) in [5, 5.41) is 17.9. The normalized spacial score (nSPS) is 16.4. The lowest BCUT2D eigenvalue weighted by Crippen LogP contribution is -2.44. The zero-order chi connectivity index (χ0) is 19.0. The highest BCUT2D eigenvalue weighted by Crippen LogP contribution is 2.30. The summed E-state index contributed by atoms with van der Waals surface area (Å²) in [6.45, 7) is 4.30. The van der Waals surface area contributed by atoms with Crippen LogP contribution in [0.2, 0.25) is 0 Å². The number of carbonyl (C=O) groups excluding carboxylic acids is 1. The van der Waals surface area contributed by atoms with E-state index < -0.39 is 0 Å². The van der Waals surface area contributed by atoms with Crippen molar-refractivity contribution in [2.45, 2.75) is 39.5 Å². The van der Waals surface area contributed by atoms with Gasteiger partial charge in [-0.3, -0.25) is 4.79 Å². The first kappa shape index (κ1) is 17.4. The predicted molar refractivity (Wildman–Crippen MR) is 95.8 cm³/mol. The van der Waals surface area contributed by atoms with Crippen LogP contribution in [0.3, 0.4) is 0 Å². The molecule has 1 aliphatic heterocycles. The Kier molecular flexibility index (Phi) is 4.49. The van der Waals surface area contributed by atoms with Crippen LogP contribution in [0.25, 0.3) is 0 Å². The number of benzene rings is 1. The third-order valence-electron chi connectivity index (χ3n) is 4.91. The Labute approximate surface area is 156 Å². The molecule has 1 aromatic carbocycles. The van der Waals surface area contributed by atoms with Crippen molar-refractivity contribution in [3.05, 3.63) is 64.6 Å². The lowest BCUT2D eigenvalue weighted by atomic mass is 10.0. The number of amides is 1. The number of aromatic nitrogens is 4. The average Bonchev–Trinajstić information content (AvgIpc) is 3.24. The van der Waals surface area contributed by atoms with E-state index in [0.29, 0.717) is 36.7 Å². The summed E-state index contributed by atoms with van der Waals surface area (Å²) in [5.41, 5.74) is 1.70. The van der Waals surface area contributed by atoms with E-state index >= 15 is 0 Å². The monoisotopic (exact) mass is 367 g/mol. The summed E-state index contributed by atoms with van der Waals surface area (Å²) in [4.78, 5) is 19.6. The van der Waals surface area contributed by atoms with Crippen molar-refractivity contribution in [2.24, 2.45) is 0 Å². The van der Waals surface area contributed by atoms with E-state index in [-0.39, 0.29) is 24.2 Å². The summed E-state index contributed by atoms with van der Waals surface area (Å²) in [6.07, 6.45) is 0.621. The molecule has 0 saturated heterocycles. The molecule has 1 atom stereocenters. The van der Waals surface area contributed by atoms with Crippen LogP contribution in [0.15, 0.2) is 34.9 Å². The zero-order valence-electron chi connectivity index (χ0n) is 15.3. The second-order valence-electron chi connectivity index (χ2n) is 6.67. The number of aliphatic hydroxyl groups is 1. The van der Waals surface area contributed by atoms with Crippen LogP contribution >= 0.6 is 0 Å². The summed E-state index contributed by atoms with van der Waals surface area (Å²) >= 11 is 0. The standard InChI is InChI=1S/C19H21N5O3/c1-12-15(11-25)17(22-27-12)19(26)23-8-9-24-18(20-13(2)21-24)16(23)10-14-6-4-3-5-7-14/h3-7,16,25H,8-11H2,1-2H3/t16-/m0/s1. The smallest absolute Gasteiger partial charge is 0.277 e. The molecule has 8 heteroatoms. The molecular weight excluding hydrogens is 346 g/mol. The molecule has 27 heavy (non-hydrogen) atoms. The molecule has 0 radical (unpaired) electrons. The van der Waals surface area contributed by atoms with Crippen LogP contribution in [0.5, 0.6) is 0 Å². The van der Waals surface area contributed by atoms with E-state index in [4.69, 9.17) is 4.52 Å². The van der Waals surface area contributed by atoms with E-state index in [1.807, 2.05) is 41.9 Å². The first-order valence-corrected chi connectivity index (χ1v) is 8.90. The molecule has 2 aromatic heterocycles. The molecule has 3 heterocycles. The van der Waals surface area contributed by atoms with Gasteiger partial charge in [-0.25, -0.2) is 9.67 Å². The SMILES string of the molecule is Cc1nc2n(n1)CCN(C(=O)c1noc(C)c1CO)[C@H]2Cc1ccccc1. The molecule has 1 amide bonds. The van der Waals surface area contributed by atoms with Gasteiger partial charge in [0.1, 0.15) is 17.4 Å². The molecule has 4 rings (SSSR count). The van der Waals surface area contributed by atoms with Crippen molar-refractivity contribution in [1.29, 1.82) is 0 Å². The summed E-state index contributed by atoms with van der Waals surface area (Å²) in [6, 6.07) is 9.72. The van der Waals surface area contributed by atoms with Gasteiger partial charge in [0.2, 0.25) is 0 Å². The molecule has 1 aliphatic rings. The maximum atomic E-state index is 13.2. The Morgan fingerprint density at radius 3 is 2.78 bits per heavy atom. The number of fused-ring (bicyclic) bond motifs is 1. The molecule has 3 aromatic rings. The van der Waals surface area contributed by atoms with Gasteiger partial charge >= 0.3 is 0 Å². The van der Waals surface area contributed by atoms with E-state index in [0.717, 1.165) is 11.4 Å². The molecule has 1 N–H and O–H groups in total. The lowest BCUT2D eigenvalue weighted by Gasteiger charge is -2.35. The van der Waals surface area contributed by atoms with Gasteiger partial charge in [0.05, 0.1) is 24.8 Å². The molecule has 0 fully saturated rings. The third-order valence-corrected chi connectivity index (χ3v) is 4.91. The minimum Gasteiger partial charge on any atom is -0.391 e. The van der Waals surface area contributed by atoms with Crippen LogP contribution < -0.4 is 0 Å². The number of rotatable bonds is 4.